The Morgan fingerprint density at radius 1 is 1.21 bits per heavy atom. The van der Waals surface area contributed by atoms with Crippen molar-refractivity contribution >= 4 is 48.7 Å². The second-order valence-corrected chi connectivity index (χ2v) is 19.3. The third kappa shape index (κ3) is 8.28. The fourth-order valence-corrected chi connectivity index (χ4v) is 7.11. The van der Waals surface area contributed by atoms with E-state index in [-0.39, 0.29) is 12.6 Å². The number of fused-ring (bicyclic) bond motifs is 1. The molecule has 0 N–H and O–H groups in total. The minimum Gasteiger partial charge on any atom is -0.465 e. The Hall–Kier alpha value is -2.67. The maximum atomic E-state index is 14.2. The molecule has 0 radical (unpaired) electrons. The molecular formula is C31H47N5O5SSi. The molecule has 1 unspecified atom stereocenters. The number of amides is 1. The molecule has 10 nitrogen and oxygen atoms in total. The molecule has 0 saturated carbocycles. The van der Waals surface area contributed by atoms with Crippen LogP contribution in [0.1, 0.15) is 58.8 Å². The fourth-order valence-electron chi connectivity index (χ4n) is 5.23. The van der Waals surface area contributed by atoms with E-state index in [4.69, 9.17) is 19.2 Å². The lowest BCUT2D eigenvalue weighted by Crippen LogP contribution is -2.37. The minimum absolute atomic E-state index is 0.0705. The van der Waals surface area contributed by atoms with E-state index in [1.807, 2.05) is 37.7 Å². The van der Waals surface area contributed by atoms with Gasteiger partial charge in [0.1, 0.15) is 12.4 Å². The molecule has 1 aromatic carbocycles. The minimum atomic E-state index is -1.33. The Balaban J connectivity index is 1.79. The molecule has 2 aromatic heterocycles. The van der Waals surface area contributed by atoms with E-state index in [0.717, 1.165) is 61.0 Å². The third-order valence-electron chi connectivity index (χ3n) is 7.51. The first kappa shape index (κ1) is 33.2. The zero-order valence-electron chi connectivity index (χ0n) is 26.8. The van der Waals surface area contributed by atoms with Gasteiger partial charge in [0.2, 0.25) is 5.95 Å². The van der Waals surface area contributed by atoms with Gasteiger partial charge in [-0.05, 0) is 68.7 Å². The molecular weight excluding hydrogens is 583 g/mol. The predicted octanol–water partition coefficient (Wildman–Crippen LogP) is 5.78. The number of aromatic nitrogens is 4. The number of esters is 1. The Morgan fingerprint density at radius 2 is 2.00 bits per heavy atom. The molecule has 12 heteroatoms. The topological polar surface area (TPSA) is 101 Å². The first-order valence-electron chi connectivity index (χ1n) is 15.3. The molecule has 236 valence electrons. The largest absolute Gasteiger partial charge is 0.465 e. The van der Waals surface area contributed by atoms with Crippen LogP contribution in [0.15, 0.2) is 18.2 Å². The highest BCUT2D eigenvalue weighted by Gasteiger charge is 2.29. The molecule has 1 amide bonds. The molecule has 1 saturated heterocycles. The summed E-state index contributed by atoms with van der Waals surface area (Å²) in [6.45, 7) is 16.4. The van der Waals surface area contributed by atoms with Crippen LogP contribution in [-0.2, 0) is 33.7 Å². The van der Waals surface area contributed by atoms with Crippen LogP contribution in [0.3, 0.4) is 0 Å². The number of carbonyl (C=O) groups is 2. The van der Waals surface area contributed by atoms with E-state index in [1.54, 1.807) is 15.6 Å². The summed E-state index contributed by atoms with van der Waals surface area (Å²) in [6.07, 6.45) is 2.65. The second kappa shape index (κ2) is 14.9. The highest BCUT2D eigenvalue weighted by Crippen LogP contribution is 2.31. The number of thioether (sulfide) groups is 1. The molecule has 1 atom stereocenters. The van der Waals surface area contributed by atoms with Crippen molar-refractivity contribution in [3.8, 4) is 0 Å². The van der Waals surface area contributed by atoms with Gasteiger partial charge in [0.05, 0.1) is 36.0 Å². The van der Waals surface area contributed by atoms with Gasteiger partial charge >= 0.3 is 5.97 Å². The summed E-state index contributed by atoms with van der Waals surface area (Å²) in [5.41, 5.74) is 4.34. The number of carbonyl (C=O) groups excluding carboxylic acids is 2. The van der Waals surface area contributed by atoms with Gasteiger partial charge in [0, 0.05) is 39.6 Å². The first-order valence-corrected chi connectivity index (χ1v) is 20.1. The Morgan fingerprint density at radius 3 is 2.65 bits per heavy atom. The lowest BCUT2D eigenvalue weighted by Gasteiger charge is -2.24. The van der Waals surface area contributed by atoms with E-state index in [9.17, 15) is 9.59 Å². The average Bonchev–Trinajstić information content (AvgIpc) is 3.71. The number of anilines is 1. The molecule has 1 aliphatic rings. The zero-order valence-corrected chi connectivity index (χ0v) is 28.6. The number of rotatable bonds is 15. The number of benzene rings is 1. The van der Waals surface area contributed by atoms with E-state index in [0.29, 0.717) is 47.7 Å². The number of methoxy groups -OCH3 is 1. The smallest absolute Gasteiger partial charge is 0.337 e. The first-order chi connectivity index (χ1) is 20.6. The van der Waals surface area contributed by atoms with Crippen molar-refractivity contribution in [2.45, 2.75) is 84.1 Å². The van der Waals surface area contributed by atoms with Gasteiger partial charge in [-0.2, -0.15) is 16.9 Å². The van der Waals surface area contributed by atoms with Gasteiger partial charge in [-0.1, -0.05) is 26.6 Å². The molecule has 3 aromatic rings. The van der Waals surface area contributed by atoms with Crippen LogP contribution in [0.5, 0.6) is 0 Å². The maximum Gasteiger partial charge on any atom is 0.337 e. The van der Waals surface area contributed by atoms with Gasteiger partial charge in [-0.3, -0.25) is 14.4 Å². The van der Waals surface area contributed by atoms with Crippen LogP contribution in [0, 0.1) is 6.92 Å². The van der Waals surface area contributed by atoms with Gasteiger partial charge in [-0.25, -0.2) is 9.78 Å². The van der Waals surface area contributed by atoms with E-state index < -0.39 is 14.0 Å². The summed E-state index contributed by atoms with van der Waals surface area (Å²) in [7, 11) is 0.0600. The summed E-state index contributed by atoms with van der Waals surface area (Å²) in [6, 6.07) is 6.50. The SMILES string of the molecule is CCCn1c(N(COCC[Si](C)(C)C)C(=O)c2cc(C)nn2CC)nc2cc(C(=O)OC)cc(CCSC3CCOC3)c21. The van der Waals surface area contributed by atoms with Gasteiger partial charge < -0.3 is 18.8 Å². The molecule has 0 bridgehead atoms. The number of imidazole rings is 1. The second-order valence-electron chi connectivity index (χ2n) is 12.2. The van der Waals surface area contributed by atoms with Crippen LogP contribution in [0.4, 0.5) is 5.95 Å². The number of ether oxygens (including phenoxy) is 3. The van der Waals surface area contributed by atoms with Gasteiger partial charge in [0.25, 0.3) is 5.91 Å². The van der Waals surface area contributed by atoms with Crippen molar-refractivity contribution in [3.63, 3.8) is 0 Å². The Bertz CT molecular complexity index is 1410. The van der Waals surface area contributed by atoms with E-state index in [1.165, 1.54) is 7.11 Å². The molecule has 43 heavy (non-hydrogen) atoms. The highest BCUT2D eigenvalue weighted by atomic mass is 32.2. The third-order valence-corrected chi connectivity index (χ3v) is 10.5. The predicted molar refractivity (Wildman–Crippen MR) is 175 cm³/mol. The summed E-state index contributed by atoms with van der Waals surface area (Å²) >= 11 is 1.90. The van der Waals surface area contributed by atoms with Crippen molar-refractivity contribution in [1.29, 1.82) is 0 Å². The quantitative estimate of drug-likeness (QED) is 0.0903. The van der Waals surface area contributed by atoms with Crippen molar-refractivity contribution in [2.24, 2.45) is 0 Å². The molecule has 0 spiro atoms. The normalized spacial score (nSPS) is 15.4. The van der Waals surface area contributed by atoms with Crippen LogP contribution >= 0.6 is 11.8 Å². The number of hydrogen-bond donors (Lipinski definition) is 0. The molecule has 1 fully saturated rings. The van der Waals surface area contributed by atoms with Crippen LogP contribution in [0.2, 0.25) is 25.7 Å². The number of nitrogens with zero attached hydrogens (tertiary/aromatic N) is 5. The maximum absolute atomic E-state index is 14.2. The number of hydrogen-bond acceptors (Lipinski definition) is 8. The lowest BCUT2D eigenvalue weighted by atomic mass is 10.1. The average molecular weight is 630 g/mol. The highest BCUT2D eigenvalue weighted by molar-refractivity contribution is 7.99. The van der Waals surface area contributed by atoms with Crippen molar-refractivity contribution in [3.05, 3.63) is 40.7 Å². The molecule has 0 aliphatic carbocycles. The number of aryl methyl sites for hydroxylation is 4. The summed E-state index contributed by atoms with van der Waals surface area (Å²) in [4.78, 5) is 33.6. The Kier molecular flexibility index (Phi) is 11.5. The fraction of sp³-hybridized carbons (Fsp3) is 0.613. The van der Waals surface area contributed by atoms with Crippen LogP contribution in [0.25, 0.3) is 11.0 Å². The van der Waals surface area contributed by atoms with E-state index in [2.05, 4.69) is 36.2 Å². The van der Waals surface area contributed by atoms with Crippen LogP contribution < -0.4 is 4.90 Å². The summed E-state index contributed by atoms with van der Waals surface area (Å²) < 4.78 is 20.7. The van der Waals surface area contributed by atoms with Crippen LogP contribution in [-0.4, -0.2) is 83.9 Å². The summed E-state index contributed by atoms with van der Waals surface area (Å²) in [5, 5.41) is 5.01. The Labute approximate surface area is 260 Å². The monoisotopic (exact) mass is 629 g/mol. The van der Waals surface area contributed by atoms with Crippen molar-refractivity contribution in [1.82, 2.24) is 19.3 Å². The lowest BCUT2D eigenvalue weighted by molar-refractivity contribution is 0.0600. The van der Waals surface area contributed by atoms with Crippen molar-refractivity contribution in [2.75, 3.05) is 44.3 Å². The van der Waals surface area contributed by atoms with Gasteiger partial charge in [0.15, 0.2) is 0 Å². The zero-order chi connectivity index (χ0) is 31.1. The van der Waals surface area contributed by atoms with E-state index >= 15 is 0 Å². The summed E-state index contributed by atoms with van der Waals surface area (Å²) in [5.74, 6) is 0.778. The molecule has 4 rings (SSSR count). The molecule has 1 aliphatic heterocycles. The van der Waals surface area contributed by atoms with Gasteiger partial charge in [-0.15, -0.1) is 0 Å². The van der Waals surface area contributed by atoms with Crippen molar-refractivity contribution < 1.29 is 23.8 Å². The molecule has 3 heterocycles. The standard InChI is InChI=1S/C31H47N5O5SSi/c1-8-12-34-28-23(11-15-42-25-10-13-40-20-25)18-24(30(38)39-4)19-26(28)32-31(34)35(21-41-14-16-43(5,6)7)29(37)27-17-22(3)33-36(27)9-2/h17-19,25H,8-16,20-21H2,1-7H3.